The SMILES string of the molecule is O=C(CC12CC3CC(CC(C3)C1)C2)NC(=S)Nc1ccc(NC(=O)c2cccs2)cc1. The number of hydrogen-bond donors (Lipinski definition) is 3. The Hall–Kier alpha value is -2.25. The molecular formula is C24H27N3O2S2. The maximum absolute atomic E-state index is 12.7. The number of amides is 2. The minimum absolute atomic E-state index is 0.0271. The zero-order chi connectivity index (χ0) is 21.4. The molecule has 2 amide bonds. The van der Waals surface area contributed by atoms with Crippen molar-refractivity contribution in [2.75, 3.05) is 10.6 Å². The van der Waals surface area contributed by atoms with Crippen LogP contribution >= 0.6 is 23.6 Å². The topological polar surface area (TPSA) is 70.2 Å². The third kappa shape index (κ3) is 4.67. The smallest absolute Gasteiger partial charge is 0.265 e. The molecule has 7 heteroatoms. The highest BCUT2D eigenvalue weighted by Gasteiger charge is 2.51. The van der Waals surface area contributed by atoms with E-state index in [0.717, 1.165) is 23.4 Å². The van der Waals surface area contributed by atoms with Crippen LogP contribution in [-0.4, -0.2) is 16.9 Å². The Labute approximate surface area is 192 Å². The number of nitrogens with one attached hydrogen (secondary N) is 3. The first-order valence-corrected chi connectivity index (χ1v) is 12.3. The Balaban J connectivity index is 1.12. The summed E-state index contributed by atoms with van der Waals surface area (Å²) in [4.78, 5) is 25.5. The van der Waals surface area contributed by atoms with Gasteiger partial charge in [0.05, 0.1) is 4.88 Å². The van der Waals surface area contributed by atoms with Crippen LogP contribution in [-0.2, 0) is 4.79 Å². The Morgan fingerprint density at radius 1 is 0.935 bits per heavy atom. The monoisotopic (exact) mass is 453 g/mol. The van der Waals surface area contributed by atoms with E-state index in [1.165, 1.54) is 49.9 Å². The molecule has 0 unspecified atom stereocenters. The van der Waals surface area contributed by atoms with E-state index in [2.05, 4.69) is 16.0 Å². The summed E-state index contributed by atoms with van der Waals surface area (Å²) in [5.74, 6) is 2.41. The van der Waals surface area contributed by atoms with Crippen LogP contribution in [0, 0.1) is 23.2 Å². The van der Waals surface area contributed by atoms with E-state index >= 15 is 0 Å². The largest absolute Gasteiger partial charge is 0.332 e. The lowest BCUT2D eigenvalue weighted by Gasteiger charge is -2.56. The summed E-state index contributed by atoms with van der Waals surface area (Å²) in [7, 11) is 0. The normalized spacial score (nSPS) is 28.2. The van der Waals surface area contributed by atoms with Crippen molar-refractivity contribution in [1.82, 2.24) is 5.32 Å². The van der Waals surface area contributed by atoms with E-state index in [1.54, 1.807) is 6.07 Å². The minimum Gasteiger partial charge on any atom is -0.332 e. The fourth-order valence-corrected chi connectivity index (χ4v) is 7.27. The molecule has 6 rings (SSSR count). The summed E-state index contributed by atoms with van der Waals surface area (Å²) in [6, 6.07) is 10.9. The summed E-state index contributed by atoms with van der Waals surface area (Å²) < 4.78 is 0. The first-order chi connectivity index (χ1) is 15.0. The highest BCUT2D eigenvalue weighted by molar-refractivity contribution is 7.80. The fourth-order valence-electron chi connectivity index (χ4n) is 6.42. The van der Waals surface area contributed by atoms with Gasteiger partial charge >= 0.3 is 0 Å². The van der Waals surface area contributed by atoms with Crippen molar-refractivity contribution < 1.29 is 9.59 Å². The standard InChI is InChI=1S/C24H27N3O2S2/c28-21(14-24-11-15-8-16(12-24)10-17(9-15)13-24)27-23(30)26-19-5-3-18(4-6-19)25-22(29)20-2-1-7-31-20/h1-7,15-17H,8-14H2,(H,25,29)(H2,26,27,28,30). The average molecular weight is 454 g/mol. The molecule has 4 aliphatic carbocycles. The van der Waals surface area contributed by atoms with Crippen LogP contribution in [0.15, 0.2) is 41.8 Å². The van der Waals surface area contributed by atoms with Gasteiger partial charge in [-0.3, -0.25) is 9.59 Å². The van der Waals surface area contributed by atoms with Gasteiger partial charge in [-0.15, -0.1) is 11.3 Å². The molecule has 4 fully saturated rings. The van der Waals surface area contributed by atoms with E-state index in [1.807, 2.05) is 35.7 Å². The number of anilines is 2. The molecule has 3 N–H and O–H groups in total. The predicted molar refractivity (Wildman–Crippen MR) is 128 cm³/mol. The molecule has 1 aromatic carbocycles. The number of thiophene rings is 1. The van der Waals surface area contributed by atoms with Gasteiger partial charge in [0.25, 0.3) is 5.91 Å². The fraction of sp³-hybridized carbons (Fsp3) is 0.458. The first-order valence-electron chi connectivity index (χ1n) is 11.0. The number of hydrogen-bond acceptors (Lipinski definition) is 4. The zero-order valence-corrected chi connectivity index (χ0v) is 19.0. The predicted octanol–water partition coefficient (Wildman–Crippen LogP) is 5.42. The molecule has 4 saturated carbocycles. The molecular weight excluding hydrogens is 426 g/mol. The number of rotatable bonds is 5. The lowest BCUT2D eigenvalue weighted by molar-refractivity contribution is -0.127. The van der Waals surface area contributed by atoms with Gasteiger partial charge in [-0.05, 0) is 110 Å². The molecule has 0 radical (unpaired) electrons. The summed E-state index contributed by atoms with van der Waals surface area (Å²) in [6.45, 7) is 0. The highest BCUT2D eigenvalue weighted by atomic mass is 32.1. The van der Waals surface area contributed by atoms with Crippen molar-refractivity contribution in [3.8, 4) is 0 Å². The number of benzene rings is 1. The molecule has 0 spiro atoms. The Morgan fingerprint density at radius 3 is 2.06 bits per heavy atom. The molecule has 0 aliphatic heterocycles. The maximum atomic E-state index is 12.7. The lowest BCUT2D eigenvalue weighted by atomic mass is 9.49. The van der Waals surface area contributed by atoms with Gasteiger partial charge in [-0.25, -0.2) is 0 Å². The third-order valence-electron chi connectivity index (χ3n) is 7.10. The van der Waals surface area contributed by atoms with Gasteiger partial charge in [0.15, 0.2) is 5.11 Å². The van der Waals surface area contributed by atoms with Gasteiger partial charge in [-0.2, -0.15) is 0 Å². The molecule has 4 aliphatic rings. The molecule has 0 atom stereocenters. The second-order valence-electron chi connectivity index (χ2n) is 9.61. The second-order valence-corrected chi connectivity index (χ2v) is 11.0. The minimum atomic E-state index is -0.122. The molecule has 31 heavy (non-hydrogen) atoms. The number of carbonyl (C=O) groups is 2. The molecule has 162 valence electrons. The molecule has 5 nitrogen and oxygen atoms in total. The van der Waals surface area contributed by atoms with Crippen LogP contribution in [0.25, 0.3) is 0 Å². The van der Waals surface area contributed by atoms with Crippen molar-refractivity contribution in [1.29, 1.82) is 0 Å². The first kappa shape index (κ1) is 20.6. The van der Waals surface area contributed by atoms with Crippen LogP contribution in [0.2, 0.25) is 0 Å². The maximum Gasteiger partial charge on any atom is 0.265 e. The molecule has 2 aromatic rings. The van der Waals surface area contributed by atoms with Crippen molar-refractivity contribution in [2.45, 2.75) is 44.9 Å². The van der Waals surface area contributed by atoms with Crippen molar-refractivity contribution in [2.24, 2.45) is 23.2 Å². The summed E-state index contributed by atoms with van der Waals surface area (Å²) >= 11 is 6.77. The second kappa shape index (κ2) is 8.36. The summed E-state index contributed by atoms with van der Waals surface area (Å²) in [6.07, 6.45) is 8.37. The third-order valence-corrected chi connectivity index (χ3v) is 8.17. The van der Waals surface area contributed by atoms with Crippen molar-refractivity contribution >= 4 is 51.9 Å². The van der Waals surface area contributed by atoms with Gasteiger partial charge in [0.2, 0.25) is 5.91 Å². The molecule has 4 bridgehead atoms. The van der Waals surface area contributed by atoms with Crippen molar-refractivity contribution in [3.63, 3.8) is 0 Å². The average Bonchev–Trinajstić information content (AvgIpc) is 3.22. The van der Waals surface area contributed by atoms with Gasteiger partial charge in [0.1, 0.15) is 0 Å². The van der Waals surface area contributed by atoms with Gasteiger partial charge in [-0.1, -0.05) is 6.07 Å². The van der Waals surface area contributed by atoms with Crippen LogP contribution in [0.3, 0.4) is 0 Å². The van der Waals surface area contributed by atoms with Crippen LogP contribution in [0.4, 0.5) is 11.4 Å². The molecule has 1 aromatic heterocycles. The number of thiocarbonyl (C=S) groups is 1. The Morgan fingerprint density at radius 2 is 1.52 bits per heavy atom. The zero-order valence-electron chi connectivity index (χ0n) is 17.4. The highest BCUT2D eigenvalue weighted by Crippen LogP contribution is 2.61. The number of carbonyl (C=O) groups excluding carboxylic acids is 2. The van der Waals surface area contributed by atoms with Crippen LogP contribution < -0.4 is 16.0 Å². The van der Waals surface area contributed by atoms with Crippen LogP contribution in [0.5, 0.6) is 0 Å². The quantitative estimate of drug-likeness (QED) is 0.529. The van der Waals surface area contributed by atoms with E-state index in [4.69, 9.17) is 12.2 Å². The van der Waals surface area contributed by atoms with E-state index in [-0.39, 0.29) is 17.2 Å². The van der Waals surface area contributed by atoms with E-state index in [9.17, 15) is 9.59 Å². The van der Waals surface area contributed by atoms with Gasteiger partial charge < -0.3 is 16.0 Å². The van der Waals surface area contributed by atoms with Crippen molar-refractivity contribution in [3.05, 3.63) is 46.7 Å². The molecule has 0 saturated heterocycles. The van der Waals surface area contributed by atoms with E-state index in [0.29, 0.717) is 22.1 Å². The Bertz CT molecular complexity index is 949. The molecule has 1 heterocycles. The lowest BCUT2D eigenvalue weighted by Crippen LogP contribution is -2.48. The summed E-state index contributed by atoms with van der Waals surface area (Å²) in [5, 5.41) is 11.0. The van der Waals surface area contributed by atoms with Crippen LogP contribution in [0.1, 0.15) is 54.6 Å². The summed E-state index contributed by atoms with van der Waals surface area (Å²) in [5.41, 5.74) is 1.69. The van der Waals surface area contributed by atoms with E-state index < -0.39 is 0 Å². The Kier molecular flexibility index (Phi) is 5.56. The van der Waals surface area contributed by atoms with Gasteiger partial charge in [0, 0.05) is 17.8 Å².